The maximum atomic E-state index is 5.03. The number of nitrogens with zero attached hydrogens (tertiary/aromatic N) is 2. The van der Waals surface area contributed by atoms with E-state index < -0.39 is 0 Å². The lowest BCUT2D eigenvalue weighted by Crippen LogP contribution is -2.13. The molecule has 0 aliphatic heterocycles. The highest BCUT2D eigenvalue weighted by Crippen LogP contribution is 2.18. The number of nitrogens with one attached hydrogen (secondary N) is 3. The zero-order chi connectivity index (χ0) is 16.8. The standard InChI is InChI=1S/C18H23N5O/c1-13-11-17(23-18(22-13)20-9-10-24-2)19-8-7-14-12-21-16-6-4-3-5-15(14)16/h3-6,11-12,21H,7-10H2,1-2H3,(H2,19,20,22,23). The minimum Gasteiger partial charge on any atom is -0.383 e. The van der Waals surface area contributed by atoms with Crippen LogP contribution in [0.15, 0.2) is 36.5 Å². The zero-order valence-corrected chi connectivity index (χ0v) is 14.1. The van der Waals surface area contributed by atoms with Crippen LogP contribution in [0.2, 0.25) is 0 Å². The number of para-hydroxylation sites is 1. The summed E-state index contributed by atoms with van der Waals surface area (Å²) < 4.78 is 5.03. The van der Waals surface area contributed by atoms with Crippen LogP contribution in [0.5, 0.6) is 0 Å². The smallest absolute Gasteiger partial charge is 0.224 e. The fourth-order valence-electron chi connectivity index (χ4n) is 2.67. The van der Waals surface area contributed by atoms with Crippen LogP contribution in [0.4, 0.5) is 11.8 Å². The van der Waals surface area contributed by atoms with Gasteiger partial charge >= 0.3 is 0 Å². The molecule has 3 aromatic rings. The van der Waals surface area contributed by atoms with Crippen molar-refractivity contribution < 1.29 is 4.74 Å². The average Bonchev–Trinajstić information content (AvgIpc) is 2.98. The third-order valence-corrected chi connectivity index (χ3v) is 3.82. The Morgan fingerprint density at radius 1 is 1.12 bits per heavy atom. The van der Waals surface area contributed by atoms with Crippen molar-refractivity contribution in [3.8, 4) is 0 Å². The molecule has 126 valence electrons. The third kappa shape index (κ3) is 4.02. The van der Waals surface area contributed by atoms with Crippen molar-refractivity contribution in [3.05, 3.63) is 47.8 Å². The van der Waals surface area contributed by atoms with E-state index >= 15 is 0 Å². The molecule has 0 aliphatic carbocycles. The number of rotatable bonds is 8. The van der Waals surface area contributed by atoms with Gasteiger partial charge in [-0.25, -0.2) is 4.98 Å². The summed E-state index contributed by atoms with van der Waals surface area (Å²) in [6, 6.07) is 10.3. The van der Waals surface area contributed by atoms with Crippen LogP contribution in [-0.4, -0.2) is 41.8 Å². The zero-order valence-electron chi connectivity index (χ0n) is 14.1. The molecular formula is C18H23N5O. The molecule has 0 aliphatic rings. The van der Waals surface area contributed by atoms with E-state index in [0.29, 0.717) is 19.1 Å². The van der Waals surface area contributed by atoms with Crippen LogP contribution in [0.1, 0.15) is 11.3 Å². The normalized spacial score (nSPS) is 10.9. The van der Waals surface area contributed by atoms with Crippen molar-refractivity contribution in [1.82, 2.24) is 15.0 Å². The van der Waals surface area contributed by atoms with Crippen LogP contribution in [0.25, 0.3) is 10.9 Å². The van der Waals surface area contributed by atoms with Gasteiger partial charge in [0.1, 0.15) is 5.82 Å². The molecule has 6 heteroatoms. The highest BCUT2D eigenvalue weighted by molar-refractivity contribution is 5.83. The van der Waals surface area contributed by atoms with Gasteiger partial charge < -0.3 is 20.4 Å². The van der Waals surface area contributed by atoms with E-state index in [2.05, 4.69) is 50.0 Å². The molecule has 0 atom stereocenters. The van der Waals surface area contributed by atoms with Crippen molar-refractivity contribution in [3.63, 3.8) is 0 Å². The predicted octanol–water partition coefficient (Wildman–Crippen LogP) is 2.98. The van der Waals surface area contributed by atoms with Crippen molar-refractivity contribution in [2.45, 2.75) is 13.3 Å². The number of hydrogen-bond acceptors (Lipinski definition) is 5. The number of methoxy groups -OCH3 is 1. The molecule has 3 rings (SSSR count). The number of hydrogen-bond donors (Lipinski definition) is 3. The predicted molar refractivity (Wildman–Crippen MR) is 97.6 cm³/mol. The van der Waals surface area contributed by atoms with Gasteiger partial charge in [-0.15, -0.1) is 0 Å². The maximum Gasteiger partial charge on any atom is 0.224 e. The third-order valence-electron chi connectivity index (χ3n) is 3.82. The number of aromatic nitrogens is 3. The summed E-state index contributed by atoms with van der Waals surface area (Å²) in [5.74, 6) is 1.46. The summed E-state index contributed by atoms with van der Waals surface area (Å²) in [7, 11) is 1.68. The van der Waals surface area contributed by atoms with Crippen molar-refractivity contribution >= 4 is 22.7 Å². The van der Waals surface area contributed by atoms with E-state index in [9.17, 15) is 0 Å². The SMILES string of the molecule is COCCNc1nc(C)cc(NCCc2c[nH]c3ccccc23)n1. The summed E-state index contributed by atoms with van der Waals surface area (Å²) in [6.07, 6.45) is 3.01. The Labute approximate surface area is 141 Å². The second-order valence-electron chi connectivity index (χ2n) is 5.67. The molecule has 0 saturated heterocycles. The largest absolute Gasteiger partial charge is 0.383 e. The summed E-state index contributed by atoms with van der Waals surface area (Å²) in [5, 5.41) is 7.82. The molecule has 0 spiro atoms. The van der Waals surface area contributed by atoms with Gasteiger partial charge in [0.25, 0.3) is 0 Å². The van der Waals surface area contributed by atoms with Gasteiger partial charge in [-0.05, 0) is 25.0 Å². The van der Waals surface area contributed by atoms with Gasteiger partial charge in [0, 0.05) is 49.1 Å². The monoisotopic (exact) mass is 325 g/mol. The van der Waals surface area contributed by atoms with Gasteiger partial charge in [0.05, 0.1) is 6.61 Å². The number of aryl methyl sites for hydroxylation is 1. The molecule has 1 aromatic carbocycles. The van der Waals surface area contributed by atoms with Gasteiger partial charge in [-0.3, -0.25) is 0 Å². The fourth-order valence-corrected chi connectivity index (χ4v) is 2.67. The highest BCUT2D eigenvalue weighted by atomic mass is 16.5. The Morgan fingerprint density at radius 2 is 2.00 bits per heavy atom. The summed E-state index contributed by atoms with van der Waals surface area (Å²) >= 11 is 0. The molecule has 0 radical (unpaired) electrons. The number of fused-ring (bicyclic) bond motifs is 1. The Morgan fingerprint density at radius 3 is 2.88 bits per heavy atom. The van der Waals surface area contributed by atoms with Gasteiger partial charge in [0.2, 0.25) is 5.95 Å². The number of aromatic amines is 1. The van der Waals surface area contributed by atoms with Gasteiger partial charge in [0.15, 0.2) is 0 Å². The fraction of sp³-hybridized carbons (Fsp3) is 0.333. The van der Waals surface area contributed by atoms with Gasteiger partial charge in [-0.1, -0.05) is 18.2 Å². The van der Waals surface area contributed by atoms with Crippen LogP contribution >= 0.6 is 0 Å². The molecule has 3 N–H and O–H groups in total. The first kappa shape index (κ1) is 16.3. The van der Waals surface area contributed by atoms with E-state index in [4.69, 9.17) is 4.74 Å². The molecule has 6 nitrogen and oxygen atoms in total. The molecule has 0 bridgehead atoms. The van der Waals surface area contributed by atoms with Gasteiger partial charge in [-0.2, -0.15) is 4.98 Å². The van der Waals surface area contributed by atoms with E-state index in [0.717, 1.165) is 24.5 Å². The van der Waals surface area contributed by atoms with Crippen molar-refractivity contribution in [1.29, 1.82) is 0 Å². The lowest BCUT2D eigenvalue weighted by molar-refractivity contribution is 0.210. The van der Waals surface area contributed by atoms with Crippen LogP contribution in [-0.2, 0) is 11.2 Å². The minimum atomic E-state index is 0.626. The lowest BCUT2D eigenvalue weighted by atomic mass is 10.1. The Bertz CT molecular complexity index is 799. The molecular weight excluding hydrogens is 302 g/mol. The summed E-state index contributed by atoms with van der Waals surface area (Å²) in [6.45, 7) is 4.10. The molecule has 0 unspecified atom stereocenters. The van der Waals surface area contributed by atoms with Crippen molar-refractivity contribution in [2.75, 3.05) is 37.4 Å². The van der Waals surface area contributed by atoms with E-state index in [1.54, 1.807) is 7.11 Å². The first-order valence-electron chi connectivity index (χ1n) is 8.13. The first-order valence-corrected chi connectivity index (χ1v) is 8.13. The maximum absolute atomic E-state index is 5.03. The topological polar surface area (TPSA) is 74.9 Å². The number of benzene rings is 1. The number of anilines is 2. The molecule has 0 fully saturated rings. The highest BCUT2D eigenvalue weighted by Gasteiger charge is 2.04. The second kappa shape index (κ2) is 7.79. The molecule has 2 aromatic heterocycles. The Balaban J connectivity index is 1.60. The summed E-state index contributed by atoms with van der Waals surface area (Å²) in [5.41, 5.74) is 3.41. The van der Waals surface area contributed by atoms with Crippen molar-refractivity contribution in [2.24, 2.45) is 0 Å². The van der Waals surface area contributed by atoms with Crippen LogP contribution in [0, 0.1) is 6.92 Å². The lowest BCUT2D eigenvalue weighted by Gasteiger charge is -2.09. The molecule has 0 amide bonds. The average molecular weight is 325 g/mol. The van der Waals surface area contributed by atoms with E-state index in [-0.39, 0.29) is 0 Å². The van der Waals surface area contributed by atoms with Crippen LogP contribution in [0.3, 0.4) is 0 Å². The first-order chi connectivity index (χ1) is 11.8. The second-order valence-corrected chi connectivity index (χ2v) is 5.67. The number of H-pyrrole nitrogens is 1. The Hall–Kier alpha value is -2.60. The van der Waals surface area contributed by atoms with E-state index in [1.165, 1.54) is 16.5 Å². The molecule has 24 heavy (non-hydrogen) atoms. The quantitative estimate of drug-likeness (QED) is 0.555. The summed E-state index contributed by atoms with van der Waals surface area (Å²) in [4.78, 5) is 12.2. The Kier molecular flexibility index (Phi) is 5.28. The molecule has 2 heterocycles. The van der Waals surface area contributed by atoms with E-state index in [1.807, 2.05) is 19.1 Å². The minimum absolute atomic E-state index is 0.626. The molecule has 0 saturated carbocycles. The van der Waals surface area contributed by atoms with Crippen LogP contribution < -0.4 is 10.6 Å². The number of ether oxygens (including phenoxy) is 1.